The van der Waals surface area contributed by atoms with Gasteiger partial charge in [0.05, 0.1) is 4.92 Å². The van der Waals surface area contributed by atoms with Gasteiger partial charge in [0.1, 0.15) is 10.8 Å². The van der Waals surface area contributed by atoms with Crippen LogP contribution in [0.15, 0.2) is 36.4 Å². The summed E-state index contributed by atoms with van der Waals surface area (Å²) in [7, 11) is 0. The van der Waals surface area contributed by atoms with Crippen molar-refractivity contribution < 1.29 is 19.2 Å². The molecule has 0 aliphatic carbocycles. The van der Waals surface area contributed by atoms with E-state index in [1.54, 1.807) is 25.1 Å². The molecular formula is C17H14Cl2N4O5S. The fourth-order valence-corrected chi connectivity index (χ4v) is 2.67. The van der Waals surface area contributed by atoms with Crippen LogP contribution < -0.4 is 20.9 Å². The Kier molecular flexibility index (Phi) is 7.71. The van der Waals surface area contributed by atoms with Crippen LogP contribution in [0.3, 0.4) is 0 Å². The van der Waals surface area contributed by atoms with Gasteiger partial charge in [-0.1, -0.05) is 23.2 Å². The van der Waals surface area contributed by atoms with E-state index in [2.05, 4.69) is 16.2 Å². The number of halogens is 2. The molecule has 0 spiro atoms. The fourth-order valence-electron chi connectivity index (χ4n) is 2.09. The van der Waals surface area contributed by atoms with Crippen LogP contribution in [-0.2, 0) is 4.79 Å². The van der Waals surface area contributed by atoms with Crippen molar-refractivity contribution in [2.75, 3.05) is 6.61 Å². The van der Waals surface area contributed by atoms with Gasteiger partial charge in [-0.3, -0.25) is 35.9 Å². The first-order chi connectivity index (χ1) is 13.7. The van der Waals surface area contributed by atoms with Crippen molar-refractivity contribution in [3.63, 3.8) is 0 Å². The average molecular weight is 457 g/mol. The van der Waals surface area contributed by atoms with Gasteiger partial charge in [-0.2, -0.15) is 0 Å². The van der Waals surface area contributed by atoms with Crippen LogP contribution in [0.5, 0.6) is 5.75 Å². The largest absolute Gasteiger partial charge is 0.483 e. The lowest BCUT2D eigenvalue weighted by Crippen LogP contribution is -2.49. The normalized spacial score (nSPS) is 10.0. The first-order valence-electron chi connectivity index (χ1n) is 7.90. The SMILES string of the molecule is Cc1cc(Cl)ccc1OCC(=O)NC(=S)NNC(=O)c1ccc(Cl)c([N+](=O)[O-])c1. The minimum Gasteiger partial charge on any atom is -0.483 e. The van der Waals surface area contributed by atoms with Gasteiger partial charge in [-0.15, -0.1) is 0 Å². The van der Waals surface area contributed by atoms with E-state index in [0.717, 1.165) is 11.6 Å². The molecule has 0 aromatic heterocycles. The topological polar surface area (TPSA) is 123 Å². The Morgan fingerprint density at radius 2 is 1.90 bits per heavy atom. The smallest absolute Gasteiger partial charge is 0.288 e. The molecule has 29 heavy (non-hydrogen) atoms. The lowest BCUT2D eigenvalue weighted by molar-refractivity contribution is -0.384. The summed E-state index contributed by atoms with van der Waals surface area (Å²) in [5.41, 5.74) is 4.85. The molecule has 0 radical (unpaired) electrons. The van der Waals surface area contributed by atoms with Crippen LogP contribution in [0.25, 0.3) is 0 Å². The second-order valence-corrected chi connectivity index (χ2v) is 6.83. The van der Waals surface area contributed by atoms with Gasteiger partial charge in [0, 0.05) is 16.7 Å². The van der Waals surface area contributed by atoms with Crippen LogP contribution in [-0.4, -0.2) is 28.5 Å². The van der Waals surface area contributed by atoms with Gasteiger partial charge < -0.3 is 4.74 Å². The predicted molar refractivity (Wildman–Crippen MR) is 111 cm³/mol. The minimum absolute atomic E-state index is 0.0238. The van der Waals surface area contributed by atoms with Crippen LogP contribution >= 0.6 is 35.4 Å². The van der Waals surface area contributed by atoms with E-state index < -0.39 is 22.4 Å². The Morgan fingerprint density at radius 1 is 1.17 bits per heavy atom. The van der Waals surface area contributed by atoms with Crippen molar-refractivity contribution in [3.05, 3.63) is 67.7 Å². The second kappa shape index (κ2) is 10.0. The highest BCUT2D eigenvalue weighted by Crippen LogP contribution is 2.25. The molecule has 0 heterocycles. The van der Waals surface area contributed by atoms with Gasteiger partial charge in [0.15, 0.2) is 11.7 Å². The summed E-state index contributed by atoms with van der Waals surface area (Å²) in [6.07, 6.45) is 0. The first kappa shape index (κ1) is 22.3. The number of hydrazine groups is 1. The molecule has 0 atom stereocenters. The fraction of sp³-hybridized carbons (Fsp3) is 0.118. The van der Waals surface area contributed by atoms with E-state index in [9.17, 15) is 19.7 Å². The minimum atomic E-state index is -0.714. The highest BCUT2D eigenvalue weighted by Gasteiger charge is 2.16. The maximum Gasteiger partial charge on any atom is 0.288 e. The summed E-state index contributed by atoms with van der Waals surface area (Å²) in [5.74, 6) is -0.788. The number of hydrogen-bond donors (Lipinski definition) is 3. The lowest BCUT2D eigenvalue weighted by atomic mass is 10.2. The number of carbonyl (C=O) groups excluding carboxylic acids is 2. The molecule has 2 rings (SSSR count). The molecule has 0 aliphatic rings. The predicted octanol–water partition coefficient (Wildman–Crippen LogP) is 2.92. The molecule has 152 valence electrons. The third-order valence-electron chi connectivity index (χ3n) is 3.44. The van der Waals surface area contributed by atoms with Gasteiger partial charge in [0.25, 0.3) is 17.5 Å². The van der Waals surface area contributed by atoms with E-state index in [4.69, 9.17) is 40.2 Å². The summed E-state index contributed by atoms with van der Waals surface area (Å²) < 4.78 is 5.37. The van der Waals surface area contributed by atoms with E-state index in [1.807, 2.05) is 0 Å². The van der Waals surface area contributed by atoms with E-state index >= 15 is 0 Å². The third kappa shape index (κ3) is 6.56. The van der Waals surface area contributed by atoms with Crippen molar-refractivity contribution in [1.29, 1.82) is 0 Å². The highest BCUT2D eigenvalue weighted by molar-refractivity contribution is 7.80. The summed E-state index contributed by atoms with van der Waals surface area (Å²) >= 11 is 16.4. The van der Waals surface area contributed by atoms with E-state index in [-0.39, 0.29) is 22.3 Å². The average Bonchev–Trinajstić information content (AvgIpc) is 2.65. The quantitative estimate of drug-likeness (QED) is 0.359. The Hall–Kier alpha value is -2.95. The maximum atomic E-state index is 12.0. The summed E-state index contributed by atoms with van der Waals surface area (Å²) in [4.78, 5) is 34.1. The summed E-state index contributed by atoms with van der Waals surface area (Å²) in [6, 6.07) is 8.50. The standard InChI is InChI=1S/C17H14Cl2N4O5S/c1-9-6-11(18)3-5-14(9)28-8-15(24)20-17(29)22-21-16(25)10-2-4-12(19)13(7-10)23(26)27/h2-7H,8H2,1H3,(H,21,25)(H2,20,22,24,29). The van der Waals surface area contributed by atoms with Crippen molar-refractivity contribution >= 4 is 58.0 Å². The summed E-state index contributed by atoms with van der Waals surface area (Å²) in [5, 5.41) is 13.4. The number of hydrogen-bond acceptors (Lipinski definition) is 6. The Labute approximate surface area is 180 Å². The summed E-state index contributed by atoms with van der Waals surface area (Å²) in [6.45, 7) is 1.46. The maximum absolute atomic E-state index is 12.0. The molecule has 0 aliphatic heterocycles. The van der Waals surface area contributed by atoms with Crippen LogP contribution in [0, 0.1) is 17.0 Å². The monoisotopic (exact) mass is 456 g/mol. The van der Waals surface area contributed by atoms with Crippen molar-refractivity contribution in [3.8, 4) is 5.75 Å². The van der Waals surface area contributed by atoms with Crippen molar-refractivity contribution in [2.45, 2.75) is 6.92 Å². The molecule has 0 bridgehead atoms. The molecule has 3 N–H and O–H groups in total. The zero-order valence-electron chi connectivity index (χ0n) is 14.8. The molecule has 0 saturated heterocycles. The number of thiocarbonyl (C=S) groups is 1. The molecular weight excluding hydrogens is 443 g/mol. The molecule has 9 nitrogen and oxygen atoms in total. The number of aryl methyl sites for hydroxylation is 1. The zero-order valence-corrected chi connectivity index (χ0v) is 17.2. The van der Waals surface area contributed by atoms with Crippen molar-refractivity contribution in [2.24, 2.45) is 0 Å². The van der Waals surface area contributed by atoms with Gasteiger partial charge in [-0.05, 0) is 55.0 Å². The number of nitro groups is 1. The van der Waals surface area contributed by atoms with Crippen molar-refractivity contribution in [1.82, 2.24) is 16.2 Å². The Bertz CT molecular complexity index is 986. The molecule has 2 aromatic rings. The second-order valence-electron chi connectivity index (χ2n) is 5.58. The number of amides is 2. The first-order valence-corrected chi connectivity index (χ1v) is 9.07. The number of carbonyl (C=O) groups is 2. The number of nitrogens with zero attached hydrogens (tertiary/aromatic N) is 1. The molecule has 0 saturated carbocycles. The van der Waals surface area contributed by atoms with Crippen LogP contribution in [0.2, 0.25) is 10.0 Å². The number of rotatable bonds is 5. The zero-order chi connectivity index (χ0) is 21.6. The number of nitrogens with one attached hydrogen (secondary N) is 3. The molecule has 0 unspecified atom stereocenters. The molecule has 12 heteroatoms. The van der Waals surface area contributed by atoms with Gasteiger partial charge in [-0.25, -0.2) is 0 Å². The Morgan fingerprint density at radius 3 is 2.55 bits per heavy atom. The highest BCUT2D eigenvalue weighted by atomic mass is 35.5. The van der Waals surface area contributed by atoms with Gasteiger partial charge >= 0.3 is 0 Å². The molecule has 2 amide bonds. The van der Waals surface area contributed by atoms with Gasteiger partial charge in [0.2, 0.25) is 0 Å². The van der Waals surface area contributed by atoms with Crippen LogP contribution in [0.4, 0.5) is 5.69 Å². The molecule has 0 fully saturated rings. The number of ether oxygens (including phenoxy) is 1. The molecule has 2 aromatic carbocycles. The van der Waals surface area contributed by atoms with E-state index in [1.165, 1.54) is 12.1 Å². The number of nitro benzene ring substituents is 1. The van der Waals surface area contributed by atoms with Crippen LogP contribution in [0.1, 0.15) is 15.9 Å². The third-order valence-corrected chi connectivity index (χ3v) is 4.20. The van der Waals surface area contributed by atoms with E-state index in [0.29, 0.717) is 10.8 Å². The Balaban J connectivity index is 1.83. The number of benzene rings is 2. The lowest BCUT2D eigenvalue weighted by Gasteiger charge is -2.12.